The first kappa shape index (κ1) is 32.9. The van der Waals surface area contributed by atoms with E-state index in [1.165, 1.54) is 11.3 Å². The first-order chi connectivity index (χ1) is 20.7. The smallest absolute Gasteiger partial charge is 0.330 e. The molecule has 10 heteroatoms. The molecule has 0 spiro atoms. The van der Waals surface area contributed by atoms with E-state index in [4.69, 9.17) is 18.9 Å². The summed E-state index contributed by atoms with van der Waals surface area (Å²) < 4.78 is 22.6. The normalized spacial score (nSPS) is 12.1. The van der Waals surface area contributed by atoms with E-state index in [0.717, 1.165) is 38.8 Å². The predicted molar refractivity (Wildman–Crippen MR) is 165 cm³/mol. The van der Waals surface area contributed by atoms with Crippen LogP contribution < -0.4 is 5.43 Å². The minimum absolute atomic E-state index is 0.0865. The summed E-state index contributed by atoms with van der Waals surface area (Å²) in [5.41, 5.74) is 1.62. The molecule has 3 rings (SSSR count). The summed E-state index contributed by atoms with van der Waals surface area (Å²) >= 11 is 1.50. The lowest BCUT2D eigenvalue weighted by molar-refractivity contribution is -0.157. The molecule has 0 aliphatic rings. The lowest BCUT2D eigenvalue weighted by Gasteiger charge is -2.17. The van der Waals surface area contributed by atoms with Gasteiger partial charge in [0.15, 0.2) is 5.43 Å². The summed E-state index contributed by atoms with van der Waals surface area (Å²) in [4.78, 5) is 60.2. The lowest BCUT2D eigenvalue weighted by Crippen LogP contribution is -2.25. The van der Waals surface area contributed by atoms with Crippen molar-refractivity contribution in [2.24, 2.45) is 0 Å². The SMILES string of the molecule is C=CC(=O)OCC(CCc1ccc2sc3ccc(CCC(COC(=O)C=C)OC(=O)CC)cc3c(=O)c2c1)OC(=O)C=C. The van der Waals surface area contributed by atoms with Crippen molar-refractivity contribution in [1.82, 2.24) is 0 Å². The van der Waals surface area contributed by atoms with Crippen LogP contribution in [0.4, 0.5) is 0 Å². The zero-order valence-corrected chi connectivity index (χ0v) is 24.8. The molecule has 0 radical (unpaired) electrons. The molecule has 0 aliphatic heterocycles. The second-order valence-electron chi connectivity index (χ2n) is 9.57. The zero-order chi connectivity index (χ0) is 31.4. The highest BCUT2D eigenvalue weighted by Crippen LogP contribution is 2.27. The minimum atomic E-state index is -0.695. The molecule has 0 aliphatic carbocycles. The summed E-state index contributed by atoms with van der Waals surface area (Å²) in [5, 5.41) is 1.14. The van der Waals surface area contributed by atoms with Gasteiger partial charge in [-0.2, -0.15) is 0 Å². The van der Waals surface area contributed by atoms with Crippen LogP contribution in [0.3, 0.4) is 0 Å². The van der Waals surface area contributed by atoms with E-state index in [1.54, 1.807) is 6.92 Å². The van der Waals surface area contributed by atoms with Gasteiger partial charge in [-0.05, 0) is 61.1 Å². The molecule has 0 N–H and O–H groups in total. The first-order valence-corrected chi connectivity index (χ1v) is 14.6. The van der Waals surface area contributed by atoms with Crippen LogP contribution in [0.5, 0.6) is 0 Å². The van der Waals surface area contributed by atoms with E-state index in [2.05, 4.69) is 19.7 Å². The third kappa shape index (κ3) is 9.75. The molecule has 0 saturated heterocycles. The third-order valence-corrected chi connectivity index (χ3v) is 7.65. The van der Waals surface area contributed by atoms with Crippen LogP contribution in [-0.4, -0.2) is 49.3 Å². The Morgan fingerprint density at radius 2 is 1.21 bits per heavy atom. The van der Waals surface area contributed by atoms with Crippen LogP contribution in [-0.2, 0) is 51.0 Å². The number of hydrogen-bond donors (Lipinski definition) is 0. The van der Waals surface area contributed by atoms with Crippen molar-refractivity contribution in [2.75, 3.05) is 13.2 Å². The third-order valence-electron chi connectivity index (χ3n) is 6.50. The van der Waals surface area contributed by atoms with Gasteiger partial charge in [0.2, 0.25) is 0 Å². The quantitative estimate of drug-likeness (QED) is 0.0942. The van der Waals surface area contributed by atoms with Gasteiger partial charge in [0.1, 0.15) is 25.4 Å². The van der Waals surface area contributed by atoms with Crippen LogP contribution in [0.1, 0.15) is 37.3 Å². The van der Waals surface area contributed by atoms with E-state index < -0.39 is 36.1 Å². The Morgan fingerprint density at radius 1 is 0.744 bits per heavy atom. The number of ether oxygens (including phenoxy) is 4. The van der Waals surface area contributed by atoms with Crippen molar-refractivity contribution >= 4 is 55.4 Å². The Morgan fingerprint density at radius 3 is 1.65 bits per heavy atom. The molecule has 43 heavy (non-hydrogen) atoms. The molecular formula is C33H34O9S. The molecule has 0 amide bonds. The molecule has 2 aromatic carbocycles. The summed E-state index contributed by atoms with van der Waals surface area (Å²) in [5.74, 6) is -2.25. The fourth-order valence-corrected chi connectivity index (χ4v) is 5.25. The Hall–Kier alpha value is -4.57. The molecule has 3 aromatic rings. The number of hydrogen-bond acceptors (Lipinski definition) is 10. The minimum Gasteiger partial charge on any atom is -0.459 e. The van der Waals surface area contributed by atoms with Crippen molar-refractivity contribution < 1.29 is 38.1 Å². The molecule has 0 saturated carbocycles. The van der Waals surface area contributed by atoms with Crippen LogP contribution >= 0.6 is 11.3 Å². The van der Waals surface area contributed by atoms with Gasteiger partial charge < -0.3 is 18.9 Å². The van der Waals surface area contributed by atoms with Crippen LogP contribution in [0.2, 0.25) is 0 Å². The summed E-state index contributed by atoms with van der Waals surface area (Å²) in [7, 11) is 0. The molecule has 2 atom stereocenters. The van der Waals surface area contributed by atoms with Crippen molar-refractivity contribution in [3.8, 4) is 0 Å². The molecule has 9 nitrogen and oxygen atoms in total. The van der Waals surface area contributed by atoms with Crippen LogP contribution in [0.15, 0.2) is 79.2 Å². The average Bonchev–Trinajstić information content (AvgIpc) is 3.03. The van der Waals surface area contributed by atoms with Crippen molar-refractivity contribution in [3.63, 3.8) is 0 Å². The molecule has 226 valence electrons. The van der Waals surface area contributed by atoms with Crippen molar-refractivity contribution in [1.29, 1.82) is 0 Å². The topological polar surface area (TPSA) is 122 Å². The average molecular weight is 607 g/mol. The van der Waals surface area contributed by atoms with Gasteiger partial charge in [-0.25, -0.2) is 14.4 Å². The predicted octanol–water partition coefficient (Wildman–Crippen LogP) is 5.16. The number of rotatable bonds is 16. The maximum atomic E-state index is 13.6. The highest BCUT2D eigenvalue weighted by molar-refractivity contribution is 7.24. The van der Waals surface area contributed by atoms with Gasteiger partial charge in [-0.1, -0.05) is 38.8 Å². The van der Waals surface area contributed by atoms with Crippen molar-refractivity contribution in [3.05, 3.63) is 95.7 Å². The summed E-state index contributed by atoms with van der Waals surface area (Å²) in [6.45, 7) is 11.6. The van der Waals surface area contributed by atoms with Crippen LogP contribution in [0, 0.1) is 0 Å². The van der Waals surface area contributed by atoms with E-state index in [1.807, 2.05) is 36.4 Å². The van der Waals surface area contributed by atoms with Gasteiger partial charge in [0.05, 0.1) is 0 Å². The second-order valence-corrected chi connectivity index (χ2v) is 10.7. The molecule has 1 aromatic heterocycles. The maximum absolute atomic E-state index is 13.6. The van der Waals surface area contributed by atoms with E-state index >= 15 is 0 Å². The highest BCUT2D eigenvalue weighted by Gasteiger charge is 2.18. The van der Waals surface area contributed by atoms with Gasteiger partial charge in [0.25, 0.3) is 0 Å². The van der Waals surface area contributed by atoms with Crippen LogP contribution in [0.25, 0.3) is 20.2 Å². The number of esters is 4. The summed E-state index contributed by atoms with van der Waals surface area (Å²) in [6, 6.07) is 11.3. The molecule has 0 bridgehead atoms. The van der Waals surface area contributed by atoms with Crippen molar-refractivity contribution in [2.45, 2.75) is 51.2 Å². The first-order valence-electron chi connectivity index (χ1n) is 13.8. The number of aryl methyl sites for hydroxylation is 2. The Balaban J connectivity index is 1.79. The van der Waals surface area contributed by atoms with Gasteiger partial charge in [0, 0.05) is 44.8 Å². The Labute approximate surface area is 253 Å². The second kappa shape index (κ2) is 16.2. The Kier molecular flexibility index (Phi) is 12.4. The standard InChI is InChI=1S/C33H34O9S/c1-5-29(34)39-19-23(41-31(36)7-3)13-9-21-11-15-27-25(17-21)33(38)26-18-22(12-16-28(26)43-27)10-14-24(42-32(37)8-4)20-40-30(35)6-2/h5-7,11-12,15-18,23-24H,1-3,8-10,13-14,19-20H2,4H3. The monoisotopic (exact) mass is 606 g/mol. The lowest BCUT2D eigenvalue weighted by atomic mass is 10.0. The van der Waals surface area contributed by atoms with E-state index in [9.17, 15) is 24.0 Å². The van der Waals surface area contributed by atoms with Gasteiger partial charge >= 0.3 is 23.9 Å². The highest BCUT2D eigenvalue weighted by atomic mass is 32.1. The molecule has 2 unspecified atom stereocenters. The number of carbonyl (C=O) groups excluding carboxylic acids is 4. The van der Waals surface area contributed by atoms with E-state index in [0.29, 0.717) is 36.5 Å². The van der Waals surface area contributed by atoms with Gasteiger partial charge in [-0.3, -0.25) is 9.59 Å². The zero-order valence-electron chi connectivity index (χ0n) is 24.0. The molecule has 0 fully saturated rings. The fraction of sp³-hybridized carbons (Fsp3) is 0.303. The number of benzene rings is 2. The van der Waals surface area contributed by atoms with Gasteiger partial charge in [-0.15, -0.1) is 11.3 Å². The van der Waals surface area contributed by atoms with E-state index in [-0.39, 0.29) is 25.1 Å². The largest absolute Gasteiger partial charge is 0.459 e. The Bertz CT molecular complexity index is 1590. The summed E-state index contributed by atoms with van der Waals surface area (Å²) in [6.07, 6.45) is 3.71. The maximum Gasteiger partial charge on any atom is 0.330 e. The molecular weight excluding hydrogens is 572 g/mol. The fourth-order valence-electron chi connectivity index (χ4n) is 4.22. The number of fused-ring (bicyclic) bond motifs is 2. The molecule has 1 heterocycles. The number of carbonyl (C=O) groups is 4.